The van der Waals surface area contributed by atoms with Gasteiger partial charge in [-0.25, -0.2) is 0 Å². The third-order valence-electron chi connectivity index (χ3n) is 3.83. The van der Waals surface area contributed by atoms with E-state index in [-0.39, 0.29) is 5.78 Å². The van der Waals surface area contributed by atoms with Gasteiger partial charge in [-0.05, 0) is 33.1 Å². The number of esters is 1. The van der Waals surface area contributed by atoms with Gasteiger partial charge >= 0.3 is 5.97 Å². The van der Waals surface area contributed by atoms with Crippen LogP contribution in [0.3, 0.4) is 0 Å². The molecule has 1 atom stereocenters. The Morgan fingerprint density at radius 1 is 1.05 bits per heavy atom. The maximum absolute atomic E-state index is 12.7. The minimum atomic E-state index is -0.750. The summed E-state index contributed by atoms with van der Waals surface area (Å²) in [5.41, 5.74) is -0.750. The summed E-state index contributed by atoms with van der Waals surface area (Å²) in [6.45, 7) is 6.32. The molecule has 0 bridgehead atoms. The van der Waals surface area contributed by atoms with E-state index in [4.69, 9.17) is 9.47 Å². The first-order valence-electron chi connectivity index (χ1n) is 7.46. The number of Topliss-reactive ketones (excluding diaryl/α,β-unsaturated/α-hetero) is 1. The van der Waals surface area contributed by atoms with Crippen LogP contribution in [0.2, 0.25) is 0 Å². The lowest BCUT2D eigenvalue weighted by atomic mass is 9.76. The van der Waals surface area contributed by atoms with Crippen molar-refractivity contribution in [1.82, 2.24) is 0 Å². The number of hydrogen-bond acceptors (Lipinski definition) is 4. The van der Waals surface area contributed by atoms with Crippen LogP contribution in [0.15, 0.2) is 0 Å². The molecule has 1 aliphatic rings. The molecule has 0 aromatic carbocycles. The van der Waals surface area contributed by atoms with E-state index in [1.807, 2.05) is 13.8 Å². The van der Waals surface area contributed by atoms with Crippen LogP contribution in [0.25, 0.3) is 0 Å². The van der Waals surface area contributed by atoms with Gasteiger partial charge in [0.15, 0.2) is 5.78 Å². The van der Waals surface area contributed by atoms with Crippen LogP contribution >= 0.6 is 0 Å². The van der Waals surface area contributed by atoms with Crippen molar-refractivity contribution in [3.8, 4) is 0 Å². The molecule has 0 spiro atoms. The van der Waals surface area contributed by atoms with Gasteiger partial charge in [-0.1, -0.05) is 26.2 Å². The largest absolute Gasteiger partial charge is 0.465 e. The first-order valence-corrected chi connectivity index (χ1v) is 7.46. The molecular weight excluding hydrogens is 244 g/mol. The fourth-order valence-electron chi connectivity index (χ4n) is 2.88. The fourth-order valence-corrected chi connectivity index (χ4v) is 2.88. The normalized spacial score (nSPS) is 19.7. The maximum atomic E-state index is 12.7. The molecule has 1 aliphatic carbocycles. The molecule has 1 fully saturated rings. The summed E-state index contributed by atoms with van der Waals surface area (Å²) in [6, 6.07) is 0. The summed E-state index contributed by atoms with van der Waals surface area (Å²) < 4.78 is 10.8. The van der Waals surface area contributed by atoms with Gasteiger partial charge in [0.1, 0.15) is 11.5 Å². The third kappa shape index (κ3) is 3.78. The van der Waals surface area contributed by atoms with Crippen LogP contribution in [-0.2, 0) is 19.1 Å². The van der Waals surface area contributed by atoms with Gasteiger partial charge < -0.3 is 9.47 Å². The lowest BCUT2D eigenvalue weighted by Gasteiger charge is -2.37. The highest BCUT2D eigenvalue weighted by atomic mass is 16.5. The number of ether oxygens (including phenoxy) is 2. The Bertz CT molecular complexity index is 300. The van der Waals surface area contributed by atoms with E-state index < -0.39 is 17.5 Å². The average molecular weight is 270 g/mol. The SMILES string of the molecule is CCOC(=O)C(CC)C(=O)C1(OCC)CCCCC1. The highest BCUT2D eigenvalue weighted by Crippen LogP contribution is 2.35. The Labute approximate surface area is 115 Å². The highest BCUT2D eigenvalue weighted by Gasteiger charge is 2.45. The molecule has 1 saturated carbocycles. The predicted octanol–water partition coefficient (Wildman–Crippen LogP) is 2.88. The lowest BCUT2D eigenvalue weighted by molar-refractivity contribution is -0.164. The first kappa shape index (κ1) is 16.2. The molecule has 0 amide bonds. The van der Waals surface area contributed by atoms with E-state index >= 15 is 0 Å². The molecule has 4 heteroatoms. The molecule has 110 valence electrons. The zero-order valence-electron chi connectivity index (χ0n) is 12.4. The van der Waals surface area contributed by atoms with E-state index in [1.54, 1.807) is 6.92 Å². The number of carbonyl (C=O) groups is 2. The van der Waals surface area contributed by atoms with Crippen LogP contribution in [-0.4, -0.2) is 30.6 Å². The van der Waals surface area contributed by atoms with Crippen molar-refractivity contribution in [2.75, 3.05) is 13.2 Å². The Morgan fingerprint density at radius 3 is 2.16 bits per heavy atom. The van der Waals surface area contributed by atoms with Gasteiger partial charge in [0, 0.05) is 6.61 Å². The topological polar surface area (TPSA) is 52.6 Å². The Hall–Kier alpha value is -0.900. The van der Waals surface area contributed by atoms with Crippen molar-refractivity contribution in [3.63, 3.8) is 0 Å². The highest BCUT2D eigenvalue weighted by molar-refractivity contribution is 6.03. The van der Waals surface area contributed by atoms with Gasteiger partial charge in [0.05, 0.1) is 6.61 Å². The van der Waals surface area contributed by atoms with Crippen molar-refractivity contribution >= 4 is 11.8 Å². The van der Waals surface area contributed by atoms with Crippen LogP contribution in [0.5, 0.6) is 0 Å². The predicted molar refractivity (Wildman–Crippen MR) is 72.9 cm³/mol. The van der Waals surface area contributed by atoms with Gasteiger partial charge in [0.2, 0.25) is 0 Å². The first-order chi connectivity index (χ1) is 9.11. The van der Waals surface area contributed by atoms with E-state index in [9.17, 15) is 9.59 Å². The van der Waals surface area contributed by atoms with Crippen LogP contribution in [0, 0.1) is 5.92 Å². The summed E-state index contributed by atoms with van der Waals surface area (Å²) in [5.74, 6) is -1.15. The summed E-state index contributed by atoms with van der Waals surface area (Å²) in [7, 11) is 0. The van der Waals surface area contributed by atoms with Crippen molar-refractivity contribution in [1.29, 1.82) is 0 Å². The van der Waals surface area contributed by atoms with Crippen molar-refractivity contribution in [2.45, 2.75) is 64.9 Å². The molecule has 0 radical (unpaired) electrons. The maximum Gasteiger partial charge on any atom is 0.316 e. The summed E-state index contributed by atoms with van der Waals surface area (Å²) in [4.78, 5) is 24.6. The average Bonchev–Trinajstić information content (AvgIpc) is 2.41. The third-order valence-corrected chi connectivity index (χ3v) is 3.83. The van der Waals surface area contributed by atoms with Crippen LogP contribution < -0.4 is 0 Å². The second-order valence-corrected chi connectivity index (χ2v) is 5.07. The van der Waals surface area contributed by atoms with Gasteiger partial charge in [0.25, 0.3) is 0 Å². The Kier molecular flexibility index (Phi) is 6.49. The molecule has 1 unspecified atom stereocenters. The number of rotatable bonds is 7. The summed E-state index contributed by atoms with van der Waals surface area (Å²) in [6.07, 6.45) is 5.06. The number of ketones is 1. The Morgan fingerprint density at radius 2 is 1.68 bits per heavy atom. The fraction of sp³-hybridized carbons (Fsp3) is 0.867. The van der Waals surface area contributed by atoms with Crippen LogP contribution in [0.4, 0.5) is 0 Å². The number of hydrogen-bond donors (Lipinski definition) is 0. The van der Waals surface area contributed by atoms with Crippen molar-refractivity contribution < 1.29 is 19.1 Å². The van der Waals surface area contributed by atoms with E-state index in [2.05, 4.69) is 0 Å². The van der Waals surface area contributed by atoms with E-state index in [0.717, 1.165) is 32.1 Å². The second kappa shape index (κ2) is 7.63. The zero-order valence-corrected chi connectivity index (χ0v) is 12.4. The Balaban J connectivity index is 2.87. The van der Waals surface area contributed by atoms with Crippen molar-refractivity contribution in [3.05, 3.63) is 0 Å². The molecule has 0 aromatic heterocycles. The molecule has 19 heavy (non-hydrogen) atoms. The molecule has 0 aliphatic heterocycles. The van der Waals surface area contributed by atoms with Gasteiger partial charge in [-0.15, -0.1) is 0 Å². The molecule has 0 N–H and O–H groups in total. The zero-order chi connectivity index (χ0) is 14.3. The quantitative estimate of drug-likeness (QED) is 0.527. The molecule has 0 saturated heterocycles. The minimum absolute atomic E-state index is 0.0741. The molecule has 1 rings (SSSR count). The molecule has 0 aromatic rings. The number of carbonyl (C=O) groups excluding carboxylic acids is 2. The van der Waals surface area contributed by atoms with Gasteiger partial charge in [-0.2, -0.15) is 0 Å². The molecule has 0 heterocycles. The van der Waals surface area contributed by atoms with E-state index in [1.165, 1.54) is 0 Å². The second-order valence-electron chi connectivity index (χ2n) is 5.07. The molecule has 4 nitrogen and oxygen atoms in total. The monoisotopic (exact) mass is 270 g/mol. The summed E-state index contributed by atoms with van der Waals surface area (Å²) >= 11 is 0. The summed E-state index contributed by atoms with van der Waals surface area (Å²) in [5, 5.41) is 0. The molecular formula is C15H26O4. The van der Waals surface area contributed by atoms with Crippen LogP contribution in [0.1, 0.15) is 59.3 Å². The van der Waals surface area contributed by atoms with E-state index in [0.29, 0.717) is 19.6 Å². The minimum Gasteiger partial charge on any atom is -0.465 e. The lowest BCUT2D eigenvalue weighted by Crippen LogP contribution is -2.48. The standard InChI is InChI=1S/C15H26O4/c1-4-12(14(17)18-5-2)13(16)15(19-6-3)10-8-7-9-11-15/h12H,4-11H2,1-3H3. The smallest absolute Gasteiger partial charge is 0.316 e. The van der Waals surface area contributed by atoms with Gasteiger partial charge in [-0.3, -0.25) is 9.59 Å². The van der Waals surface area contributed by atoms with Crippen molar-refractivity contribution in [2.24, 2.45) is 5.92 Å².